The van der Waals surface area contributed by atoms with Crippen molar-refractivity contribution in [2.24, 2.45) is 0 Å². The summed E-state index contributed by atoms with van der Waals surface area (Å²) in [7, 11) is 0. The maximum Gasteiger partial charge on any atom is 0.142 e. The van der Waals surface area contributed by atoms with Gasteiger partial charge in [0.1, 0.15) is 11.3 Å². The average Bonchev–Trinajstić information content (AvgIpc) is 3.95. The smallest absolute Gasteiger partial charge is 0.142 e. The predicted molar refractivity (Wildman–Crippen MR) is 255 cm³/mol. The molecule has 10 aromatic rings. The van der Waals surface area contributed by atoms with Crippen LogP contribution in [-0.4, -0.2) is 0 Å². The zero-order valence-corrected chi connectivity index (χ0v) is 34.4. The van der Waals surface area contributed by atoms with E-state index in [1.807, 2.05) is 11.3 Å². The van der Waals surface area contributed by atoms with E-state index in [2.05, 4.69) is 207 Å². The zero-order chi connectivity index (χ0) is 40.0. The number of furan rings is 1. The van der Waals surface area contributed by atoms with Crippen molar-refractivity contribution < 1.29 is 4.42 Å². The summed E-state index contributed by atoms with van der Waals surface area (Å²) in [5.74, 6) is 0.995. The molecule has 0 bridgehead atoms. The number of fused-ring (bicyclic) bond motifs is 9. The van der Waals surface area contributed by atoms with E-state index in [0.717, 1.165) is 46.8 Å². The number of aryl methyl sites for hydroxylation is 1. The van der Waals surface area contributed by atoms with Gasteiger partial charge >= 0.3 is 0 Å². The maximum atomic E-state index is 6.56. The Morgan fingerprint density at radius 2 is 1.10 bits per heavy atom. The topological polar surface area (TPSA) is 16.4 Å². The molecule has 60 heavy (non-hydrogen) atoms. The van der Waals surface area contributed by atoms with Crippen molar-refractivity contribution in [3.8, 4) is 44.5 Å². The average molecular weight is 788 g/mol. The molecule has 3 heteroatoms. The van der Waals surface area contributed by atoms with Gasteiger partial charge in [-0.3, -0.25) is 0 Å². The van der Waals surface area contributed by atoms with E-state index in [1.165, 1.54) is 81.2 Å². The van der Waals surface area contributed by atoms with Crippen LogP contribution in [0.25, 0.3) is 81.7 Å². The van der Waals surface area contributed by atoms with E-state index >= 15 is 0 Å². The third kappa shape index (κ3) is 5.39. The third-order valence-corrected chi connectivity index (χ3v) is 14.2. The quantitative estimate of drug-likeness (QED) is 0.167. The van der Waals surface area contributed by atoms with Crippen molar-refractivity contribution in [2.75, 3.05) is 4.90 Å². The predicted octanol–water partition coefficient (Wildman–Crippen LogP) is 16.5. The van der Waals surface area contributed by atoms with Crippen LogP contribution in [0.2, 0.25) is 0 Å². The van der Waals surface area contributed by atoms with E-state index in [0.29, 0.717) is 0 Å². The van der Waals surface area contributed by atoms with Crippen molar-refractivity contribution in [1.29, 1.82) is 0 Å². The third-order valence-electron chi connectivity index (χ3n) is 13.0. The first-order valence-corrected chi connectivity index (χ1v) is 21.8. The number of hydrogen-bond acceptors (Lipinski definition) is 3. The first kappa shape index (κ1) is 35.0. The van der Waals surface area contributed by atoms with Crippen LogP contribution in [0, 0.1) is 0 Å². The van der Waals surface area contributed by atoms with Crippen LogP contribution in [0.3, 0.4) is 0 Å². The Hall–Kier alpha value is -6.94. The summed E-state index contributed by atoms with van der Waals surface area (Å²) >= 11 is 1.88. The first-order chi connectivity index (χ1) is 29.5. The highest BCUT2D eigenvalue weighted by Crippen LogP contribution is 2.51. The van der Waals surface area contributed by atoms with Gasteiger partial charge in [-0.1, -0.05) is 153 Å². The van der Waals surface area contributed by atoms with Crippen molar-refractivity contribution in [1.82, 2.24) is 0 Å². The lowest BCUT2D eigenvalue weighted by atomic mass is 9.82. The van der Waals surface area contributed by atoms with Crippen LogP contribution < -0.4 is 4.90 Å². The van der Waals surface area contributed by atoms with Crippen LogP contribution in [0.15, 0.2) is 186 Å². The zero-order valence-electron chi connectivity index (χ0n) is 33.6. The Morgan fingerprint density at radius 1 is 0.500 bits per heavy atom. The van der Waals surface area contributed by atoms with Gasteiger partial charge in [0, 0.05) is 59.2 Å². The van der Waals surface area contributed by atoms with Gasteiger partial charge < -0.3 is 9.32 Å². The monoisotopic (exact) mass is 787 g/mol. The fourth-order valence-electron chi connectivity index (χ4n) is 10.0. The molecule has 0 unspecified atom stereocenters. The van der Waals surface area contributed by atoms with E-state index in [1.54, 1.807) is 0 Å². The molecule has 0 atom stereocenters. The second kappa shape index (κ2) is 13.6. The minimum Gasteiger partial charge on any atom is -0.456 e. The number of nitrogens with zero attached hydrogens (tertiary/aromatic N) is 1. The van der Waals surface area contributed by atoms with Gasteiger partial charge in [0.25, 0.3) is 0 Å². The summed E-state index contributed by atoms with van der Waals surface area (Å²) in [6.45, 7) is 4.72. The molecule has 0 spiro atoms. The van der Waals surface area contributed by atoms with Gasteiger partial charge in [-0.25, -0.2) is 0 Å². The molecule has 286 valence electrons. The number of para-hydroxylation sites is 1. The van der Waals surface area contributed by atoms with Gasteiger partial charge in [-0.05, 0) is 111 Å². The molecule has 12 rings (SSSR count). The lowest BCUT2D eigenvalue weighted by Gasteiger charge is -2.28. The number of benzene rings is 8. The summed E-state index contributed by atoms with van der Waals surface area (Å²) in [4.78, 5) is 2.42. The molecule has 8 aromatic carbocycles. The highest BCUT2D eigenvalue weighted by atomic mass is 32.1. The van der Waals surface area contributed by atoms with Crippen LogP contribution >= 0.6 is 11.3 Å². The fraction of sp³-hybridized carbons (Fsp3) is 0.0877. The molecule has 2 aromatic heterocycles. The van der Waals surface area contributed by atoms with Gasteiger partial charge in [0.15, 0.2) is 0 Å². The number of rotatable bonds is 6. The minimum atomic E-state index is -0.111. The van der Waals surface area contributed by atoms with Crippen molar-refractivity contribution in [2.45, 2.75) is 32.1 Å². The normalized spacial score (nSPS) is 13.8. The van der Waals surface area contributed by atoms with Crippen molar-refractivity contribution >= 4 is 65.6 Å². The Bertz CT molecular complexity index is 3340. The Labute approximate surface area is 354 Å². The molecule has 0 radical (unpaired) electrons. The van der Waals surface area contributed by atoms with Crippen LogP contribution in [0.1, 0.15) is 42.7 Å². The highest BCUT2D eigenvalue weighted by Gasteiger charge is 2.35. The van der Waals surface area contributed by atoms with Crippen molar-refractivity contribution in [3.05, 3.63) is 204 Å². The van der Waals surface area contributed by atoms with E-state index in [4.69, 9.17) is 4.42 Å². The largest absolute Gasteiger partial charge is 0.456 e. The standard InChI is InChI=1S/C57H41NOS/c1-57(2)51-22-8-5-15-44(51)45-34-33-40(35-52(45)57)58(39-31-27-37(28-32-39)42-18-11-21-50-47-17-7-10-24-54(47)60-56(42)50)38-29-25-36(26-30-38)41-13-3-4-14-43(41)48-19-12-20-49-46-16-6-9-23-53(46)59-55(48)49/h3-5,7-15,17-35H,6,16H2,1-2H3. The molecule has 0 N–H and O–H groups in total. The second-order valence-corrected chi connectivity index (χ2v) is 17.8. The van der Waals surface area contributed by atoms with Gasteiger partial charge in [0.05, 0.1) is 0 Å². The van der Waals surface area contributed by atoms with Gasteiger partial charge in [-0.2, -0.15) is 0 Å². The van der Waals surface area contributed by atoms with E-state index in [-0.39, 0.29) is 5.41 Å². The molecule has 0 saturated heterocycles. The summed E-state index contributed by atoms with van der Waals surface area (Å²) in [6.07, 6.45) is 6.42. The van der Waals surface area contributed by atoms with Crippen LogP contribution in [-0.2, 0) is 11.8 Å². The van der Waals surface area contributed by atoms with E-state index < -0.39 is 0 Å². The molecule has 0 fully saturated rings. The van der Waals surface area contributed by atoms with Gasteiger partial charge in [0.2, 0.25) is 0 Å². The first-order valence-electron chi connectivity index (χ1n) is 21.0. The van der Waals surface area contributed by atoms with Crippen molar-refractivity contribution in [3.63, 3.8) is 0 Å². The summed E-state index contributed by atoms with van der Waals surface area (Å²) < 4.78 is 9.22. The Kier molecular flexibility index (Phi) is 7.92. The summed E-state index contributed by atoms with van der Waals surface area (Å²) in [5.41, 5.74) is 18.1. The molecule has 0 saturated carbocycles. The minimum absolute atomic E-state index is 0.111. The Balaban J connectivity index is 0.967. The van der Waals surface area contributed by atoms with Gasteiger partial charge in [-0.15, -0.1) is 11.3 Å². The molecule has 2 aliphatic rings. The van der Waals surface area contributed by atoms with Crippen LogP contribution in [0.4, 0.5) is 17.1 Å². The SMILES string of the molecule is CC1(C)c2ccccc2-c2ccc(N(c3ccc(-c4ccccc4-c4cccc5c6c(oc45)C=CCC6)cc3)c3ccc(-c4cccc5c4sc4ccccc45)cc3)cc21. The lowest BCUT2D eigenvalue weighted by Crippen LogP contribution is -2.16. The second-order valence-electron chi connectivity index (χ2n) is 16.7. The summed E-state index contributed by atoms with van der Waals surface area (Å²) in [5, 5.41) is 3.86. The molecule has 2 aliphatic carbocycles. The number of anilines is 3. The lowest BCUT2D eigenvalue weighted by molar-refractivity contribution is 0.596. The molecular formula is C57H41NOS. The number of hydrogen-bond donors (Lipinski definition) is 0. The molecule has 2 heterocycles. The highest BCUT2D eigenvalue weighted by molar-refractivity contribution is 7.26. The molecular weight excluding hydrogens is 747 g/mol. The molecule has 0 amide bonds. The molecule has 2 nitrogen and oxygen atoms in total. The van der Waals surface area contributed by atoms with Crippen LogP contribution in [0.5, 0.6) is 0 Å². The number of thiophene rings is 1. The Morgan fingerprint density at radius 3 is 1.90 bits per heavy atom. The number of allylic oxidation sites excluding steroid dienone is 1. The van der Waals surface area contributed by atoms with E-state index in [9.17, 15) is 0 Å². The molecule has 0 aliphatic heterocycles. The summed E-state index contributed by atoms with van der Waals surface area (Å²) in [6, 6.07) is 65.0. The fourth-order valence-corrected chi connectivity index (χ4v) is 11.3. The maximum absolute atomic E-state index is 6.56.